The Hall–Kier alpha value is -2.96. The molecule has 7 heteroatoms. The second-order valence-electron chi connectivity index (χ2n) is 7.31. The molecule has 2 heterocycles. The molecule has 29 heavy (non-hydrogen) atoms. The fourth-order valence-corrected chi connectivity index (χ4v) is 3.90. The van der Waals surface area contributed by atoms with Crippen molar-refractivity contribution in [3.05, 3.63) is 60.3 Å². The Morgan fingerprint density at radius 3 is 2.45 bits per heavy atom. The Labute approximate surface area is 166 Å². The molecule has 0 saturated carbocycles. The van der Waals surface area contributed by atoms with Crippen LogP contribution in [0.1, 0.15) is 18.4 Å². The maximum absolute atomic E-state index is 12.8. The summed E-state index contributed by atoms with van der Waals surface area (Å²) in [6.45, 7) is 1.56. The summed E-state index contributed by atoms with van der Waals surface area (Å²) in [5, 5.41) is 13.4. The predicted octanol–water partition coefficient (Wildman–Crippen LogP) is 5.74. The zero-order valence-corrected chi connectivity index (χ0v) is 15.7. The number of rotatable bonds is 4. The predicted molar refractivity (Wildman–Crippen MR) is 104 cm³/mol. The molecule has 0 aliphatic carbocycles. The van der Waals surface area contributed by atoms with E-state index in [0.717, 1.165) is 37.9 Å². The van der Waals surface area contributed by atoms with Crippen LogP contribution in [0.3, 0.4) is 0 Å². The molecule has 1 aliphatic rings. The normalized spacial score (nSPS) is 15.6. The molecule has 1 aromatic heterocycles. The molecule has 1 aliphatic heterocycles. The molecule has 1 fully saturated rings. The zero-order valence-electron chi connectivity index (χ0n) is 15.7. The van der Waals surface area contributed by atoms with E-state index in [1.807, 2.05) is 12.1 Å². The van der Waals surface area contributed by atoms with E-state index in [1.54, 1.807) is 30.5 Å². The maximum atomic E-state index is 12.8. The van der Waals surface area contributed by atoms with Gasteiger partial charge in [-0.25, -0.2) is 0 Å². The van der Waals surface area contributed by atoms with E-state index in [-0.39, 0.29) is 11.5 Å². The van der Waals surface area contributed by atoms with Gasteiger partial charge in [0.1, 0.15) is 5.75 Å². The minimum Gasteiger partial charge on any atom is -0.406 e. The molecule has 151 valence electrons. The van der Waals surface area contributed by atoms with Gasteiger partial charge in [-0.05, 0) is 67.1 Å². The highest BCUT2D eigenvalue weighted by Crippen LogP contribution is 2.37. The molecule has 1 radical (unpaired) electrons. The van der Waals surface area contributed by atoms with Crippen molar-refractivity contribution in [2.75, 3.05) is 18.0 Å². The number of hydrogen-bond donors (Lipinski definition) is 0. The highest BCUT2D eigenvalue weighted by Gasteiger charge is 2.31. The molecule has 0 bridgehead atoms. The van der Waals surface area contributed by atoms with Gasteiger partial charge in [-0.2, -0.15) is 0 Å². The lowest BCUT2D eigenvalue weighted by atomic mass is 9.90. The minimum absolute atomic E-state index is 0.00861. The summed E-state index contributed by atoms with van der Waals surface area (Å²) in [7, 11) is 0. The van der Waals surface area contributed by atoms with Crippen LogP contribution in [-0.4, -0.2) is 24.4 Å². The van der Waals surface area contributed by atoms with E-state index in [0.29, 0.717) is 22.5 Å². The average molecular weight is 401 g/mol. The largest absolute Gasteiger partial charge is 0.573 e. The Bertz CT molecular complexity index is 982. The van der Waals surface area contributed by atoms with Gasteiger partial charge in [-0.3, -0.25) is 10.1 Å². The Kier molecular flexibility index (Phi) is 5.22. The lowest BCUT2D eigenvalue weighted by Crippen LogP contribution is -2.34. The molecule has 0 atom stereocenters. The second-order valence-corrected chi connectivity index (χ2v) is 7.31. The summed E-state index contributed by atoms with van der Waals surface area (Å²) in [5.41, 5.74) is 2.39. The number of benzene rings is 2. The van der Waals surface area contributed by atoms with Crippen molar-refractivity contribution < 1.29 is 23.0 Å². The van der Waals surface area contributed by atoms with Crippen LogP contribution in [0.25, 0.3) is 10.9 Å². The van der Waals surface area contributed by atoms with E-state index in [9.17, 15) is 18.3 Å². The van der Waals surface area contributed by atoms with E-state index in [4.69, 9.17) is 0 Å². The summed E-state index contributed by atoms with van der Waals surface area (Å²) in [5.74, 6) is 0.233. The molecule has 0 N–H and O–H groups in total. The summed E-state index contributed by atoms with van der Waals surface area (Å²) in [6.07, 6.45) is -0.356. The van der Waals surface area contributed by atoms with Gasteiger partial charge in [-0.15, -0.1) is 13.2 Å². The number of ether oxygens (including phenoxy) is 1. The number of anilines is 1. The zero-order chi connectivity index (χ0) is 20.4. The fourth-order valence-electron chi connectivity index (χ4n) is 3.90. The number of aromatic nitrogens is 1. The minimum atomic E-state index is -4.67. The first-order valence-electron chi connectivity index (χ1n) is 9.53. The first-order valence-corrected chi connectivity index (χ1v) is 9.53. The van der Waals surface area contributed by atoms with Crippen molar-refractivity contribution in [2.24, 2.45) is 5.92 Å². The van der Waals surface area contributed by atoms with Gasteiger partial charge in [0.25, 0.3) is 0 Å². The number of halogens is 3. The summed E-state index contributed by atoms with van der Waals surface area (Å²) < 4.78 is 40.7. The Morgan fingerprint density at radius 2 is 1.76 bits per heavy atom. The number of hydrogen-bond acceptors (Lipinski definition) is 3. The molecule has 0 spiro atoms. The van der Waals surface area contributed by atoms with Crippen LogP contribution in [0, 0.1) is 5.92 Å². The average Bonchev–Trinajstić information content (AvgIpc) is 2.70. The van der Waals surface area contributed by atoms with E-state index in [2.05, 4.69) is 14.6 Å². The van der Waals surface area contributed by atoms with Crippen LogP contribution < -0.4 is 9.64 Å². The third-order valence-corrected chi connectivity index (χ3v) is 5.35. The van der Waals surface area contributed by atoms with Crippen LogP contribution in [0.15, 0.2) is 54.7 Å². The van der Waals surface area contributed by atoms with Crippen molar-refractivity contribution in [1.29, 1.82) is 0 Å². The summed E-state index contributed by atoms with van der Waals surface area (Å²) in [6, 6.07) is 13.4. The van der Waals surface area contributed by atoms with E-state index in [1.165, 1.54) is 12.1 Å². The maximum Gasteiger partial charge on any atom is 0.573 e. The van der Waals surface area contributed by atoms with E-state index >= 15 is 0 Å². The van der Waals surface area contributed by atoms with Gasteiger partial charge in [0.2, 0.25) is 5.75 Å². The van der Waals surface area contributed by atoms with Crippen molar-refractivity contribution >= 4 is 16.6 Å². The number of fused-ring (bicyclic) bond motifs is 1. The van der Waals surface area contributed by atoms with Gasteiger partial charge in [0, 0.05) is 24.7 Å². The van der Waals surface area contributed by atoms with Crippen LogP contribution in [0.5, 0.6) is 11.5 Å². The quantitative estimate of drug-likeness (QED) is 0.560. The van der Waals surface area contributed by atoms with Crippen LogP contribution >= 0.6 is 0 Å². The SMILES string of the molecule is [O]c1c(N2CCC(Cc3ccc(OC(F)(F)F)cc3)CC2)ccc2ncccc12. The molecular formula is C22H20F3N2O2. The van der Waals surface area contributed by atoms with Gasteiger partial charge >= 0.3 is 6.36 Å². The number of nitrogens with zero attached hydrogens (tertiary/aromatic N) is 2. The first kappa shape index (κ1) is 19.4. The van der Waals surface area contributed by atoms with Crippen molar-refractivity contribution in [3.8, 4) is 11.5 Å². The highest BCUT2D eigenvalue weighted by molar-refractivity contribution is 5.90. The fraction of sp³-hybridized carbons (Fsp3) is 0.318. The standard InChI is InChI=1S/C22H20F3N2O2/c23-22(24,25)29-17-5-3-15(4-6-17)14-16-9-12-27(13-10-16)20-8-7-19-18(21(20)28)2-1-11-26-19/h1-8,11,16H,9-10,12-14H2. The highest BCUT2D eigenvalue weighted by atomic mass is 19.4. The monoisotopic (exact) mass is 401 g/mol. The number of pyridine rings is 1. The smallest absolute Gasteiger partial charge is 0.406 e. The summed E-state index contributed by atoms with van der Waals surface area (Å²) in [4.78, 5) is 6.34. The lowest BCUT2D eigenvalue weighted by Gasteiger charge is -2.33. The molecular weight excluding hydrogens is 381 g/mol. The van der Waals surface area contributed by atoms with Gasteiger partial charge in [0.05, 0.1) is 11.2 Å². The topological polar surface area (TPSA) is 45.3 Å². The molecule has 2 aromatic carbocycles. The van der Waals surface area contributed by atoms with Crippen molar-refractivity contribution in [1.82, 2.24) is 4.98 Å². The molecule has 4 rings (SSSR count). The molecule has 1 saturated heterocycles. The number of piperidine rings is 1. The second kappa shape index (κ2) is 7.81. The Morgan fingerprint density at radius 1 is 1.03 bits per heavy atom. The van der Waals surface area contributed by atoms with Crippen LogP contribution in [0.4, 0.5) is 18.9 Å². The first-order chi connectivity index (χ1) is 13.9. The van der Waals surface area contributed by atoms with Gasteiger partial charge in [0.15, 0.2) is 0 Å². The van der Waals surface area contributed by atoms with Crippen molar-refractivity contribution in [2.45, 2.75) is 25.6 Å². The molecule has 0 amide bonds. The molecule has 4 nitrogen and oxygen atoms in total. The van der Waals surface area contributed by atoms with Crippen molar-refractivity contribution in [3.63, 3.8) is 0 Å². The Balaban J connectivity index is 1.37. The number of alkyl halides is 3. The van der Waals surface area contributed by atoms with Crippen LogP contribution in [0.2, 0.25) is 0 Å². The molecule has 3 aromatic rings. The van der Waals surface area contributed by atoms with Gasteiger partial charge in [-0.1, -0.05) is 12.1 Å². The van der Waals surface area contributed by atoms with Gasteiger partial charge < -0.3 is 9.64 Å². The molecule has 0 unspecified atom stereocenters. The third kappa shape index (κ3) is 4.55. The van der Waals surface area contributed by atoms with E-state index < -0.39 is 6.36 Å². The summed E-state index contributed by atoms with van der Waals surface area (Å²) >= 11 is 0. The third-order valence-electron chi connectivity index (χ3n) is 5.35. The van der Waals surface area contributed by atoms with Crippen LogP contribution in [-0.2, 0) is 11.5 Å². The lowest BCUT2D eigenvalue weighted by molar-refractivity contribution is -0.274.